The number of pyridine rings is 1. The summed E-state index contributed by atoms with van der Waals surface area (Å²) >= 11 is 0. The van der Waals surface area contributed by atoms with Crippen LogP contribution in [0.25, 0.3) is 5.52 Å². The zero-order valence-electron chi connectivity index (χ0n) is 8.78. The third-order valence-electron chi connectivity index (χ3n) is 1.25. The second-order valence-corrected chi connectivity index (χ2v) is 1.83. The topological polar surface area (TPSA) is 17.3 Å². The summed E-state index contributed by atoms with van der Waals surface area (Å²) < 4.78 is 1.78. The first-order valence-electron chi connectivity index (χ1n) is 3.76. The van der Waals surface area contributed by atoms with Crippen LogP contribution in [0.4, 0.5) is 0 Å². The molecule has 0 amide bonds. The van der Waals surface area contributed by atoms with Gasteiger partial charge in [0.2, 0.25) is 0 Å². The summed E-state index contributed by atoms with van der Waals surface area (Å²) in [5, 5.41) is 4.00. The molecular formula is C10H14KN2-. The Morgan fingerprint density at radius 2 is 2.00 bits per heavy atom. The van der Waals surface area contributed by atoms with Crippen molar-refractivity contribution in [2.45, 2.75) is 13.8 Å². The third kappa shape index (κ3) is 4.38. The molecule has 2 nitrogen and oxygen atoms in total. The molecule has 0 N–H and O–H groups in total. The zero-order valence-corrected chi connectivity index (χ0v) is 11.9. The van der Waals surface area contributed by atoms with E-state index in [9.17, 15) is 0 Å². The fraction of sp³-hybridized carbons (Fsp3) is 0.200. The molecule has 0 spiro atoms. The predicted octanol–water partition coefficient (Wildman–Crippen LogP) is -0.385. The third-order valence-corrected chi connectivity index (χ3v) is 1.25. The van der Waals surface area contributed by atoms with Gasteiger partial charge in [0.05, 0.1) is 0 Å². The van der Waals surface area contributed by atoms with Crippen LogP contribution in [0.15, 0.2) is 30.6 Å². The van der Waals surface area contributed by atoms with Gasteiger partial charge in [0, 0.05) is 6.20 Å². The summed E-state index contributed by atoms with van der Waals surface area (Å²) in [7, 11) is 0. The number of hydrogen-bond donors (Lipinski definition) is 0. The maximum Gasteiger partial charge on any atom is 1.00 e. The summed E-state index contributed by atoms with van der Waals surface area (Å²) in [5.74, 6) is 0. The van der Waals surface area contributed by atoms with E-state index < -0.39 is 0 Å². The van der Waals surface area contributed by atoms with Gasteiger partial charge in [-0.2, -0.15) is 11.2 Å². The summed E-state index contributed by atoms with van der Waals surface area (Å²) in [6.45, 7) is 4.00. The number of aromatic nitrogens is 2. The van der Waals surface area contributed by atoms with Crippen LogP contribution in [-0.4, -0.2) is 9.61 Å². The molecule has 0 aliphatic rings. The molecule has 0 unspecified atom stereocenters. The number of fused-ring (bicyclic) bond motifs is 1. The second kappa shape index (κ2) is 8.90. The normalized spacial score (nSPS) is 7.54. The minimum Gasteiger partial charge on any atom is -0.358 e. The van der Waals surface area contributed by atoms with E-state index in [2.05, 4.69) is 11.2 Å². The summed E-state index contributed by atoms with van der Waals surface area (Å²) in [6, 6.07) is 8.71. The van der Waals surface area contributed by atoms with Gasteiger partial charge in [-0.05, 0) is 11.6 Å². The van der Waals surface area contributed by atoms with Crippen LogP contribution in [0, 0.1) is 13.5 Å². The van der Waals surface area contributed by atoms with Crippen LogP contribution < -0.4 is 51.4 Å². The van der Waals surface area contributed by atoms with Crippen LogP contribution in [-0.2, 0) is 0 Å². The molecule has 2 heterocycles. The molecule has 0 radical (unpaired) electrons. The molecular weight excluding hydrogens is 187 g/mol. The molecule has 66 valence electrons. The van der Waals surface area contributed by atoms with Gasteiger partial charge in [0.1, 0.15) is 0 Å². The van der Waals surface area contributed by atoms with Gasteiger partial charge in [0.15, 0.2) is 0 Å². The van der Waals surface area contributed by atoms with Gasteiger partial charge in [-0.1, -0.05) is 20.0 Å². The van der Waals surface area contributed by atoms with E-state index in [1.165, 1.54) is 0 Å². The van der Waals surface area contributed by atoms with E-state index in [-0.39, 0.29) is 58.8 Å². The molecule has 0 aliphatic heterocycles. The molecule has 0 fully saturated rings. The second-order valence-electron chi connectivity index (χ2n) is 1.83. The summed E-state index contributed by atoms with van der Waals surface area (Å²) in [6.07, 6.45) is 3.57. The van der Waals surface area contributed by atoms with E-state index in [1.54, 1.807) is 16.9 Å². The number of rotatable bonds is 0. The SMILES string of the molecule is CC.[CH3-].[K+].[c-]1ccc2ccnn2c1. The maximum absolute atomic E-state index is 4.00. The van der Waals surface area contributed by atoms with Crippen LogP contribution in [0.1, 0.15) is 13.8 Å². The summed E-state index contributed by atoms with van der Waals surface area (Å²) in [5.41, 5.74) is 1.11. The first kappa shape index (κ1) is 15.8. The molecule has 0 saturated heterocycles. The van der Waals surface area contributed by atoms with Crippen molar-refractivity contribution in [1.82, 2.24) is 9.61 Å². The summed E-state index contributed by atoms with van der Waals surface area (Å²) in [4.78, 5) is 0. The van der Waals surface area contributed by atoms with E-state index >= 15 is 0 Å². The number of nitrogens with zero attached hydrogens (tertiary/aromatic N) is 2. The Morgan fingerprint density at radius 1 is 1.31 bits per heavy atom. The largest absolute Gasteiger partial charge is 1.00 e. The van der Waals surface area contributed by atoms with Gasteiger partial charge in [-0.15, -0.1) is 0 Å². The molecule has 2 rings (SSSR count). The van der Waals surface area contributed by atoms with Crippen molar-refractivity contribution in [1.29, 1.82) is 0 Å². The van der Waals surface area contributed by atoms with Crippen molar-refractivity contribution >= 4 is 5.52 Å². The Kier molecular flexibility index (Phi) is 10.8. The van der Waals surface area contributed by atoms with Gasteiger partial charge in [0.25, 0.3) is 0 Å². The van der Waals surface area contributed by atoms with Crippen LogP contribution in [0.5, 0.6) is 0 Å². The Bertz CT molecular complexity index is 287. The first-order valence-corrected chi connectivity index (χ1v) is 3.76. The molecule has 2 aromatic rings. The predicted molar refractivity (Wildman–Crippen MR) is 51.8 cm³/mol. The molecule has 0 aliphatic carbocycles. The average Bonchev–Trinajstić information content (AvgIpc) is 2.55. The van der Waals surface area contributed by atoms with Crippen molar-refractivity contribution in [3.05, 3.63) is 44.1 Å². The zero-order chi connectivity index (χ0) is 8.10. The van der Waals surface area contributed by atoms with E-state index in [0.717, 1.165) is 5.52 Å². The monoisotopic (exact) mass is 201 g/mol. The average molecular weight is 201 g/mol. The Hall–Kier alpha value is 0.326. The molecule has 2 aromatic heterocycles. The van der Waals surface area contributed by atoms with Gasteiger partial charge in [-0.25, -0.2) is 12.1 Å². The first-order chi connectivity index (χ1) is 5.47. The smallest absolute Gasteiger partial charge is 0.358 e. The minimum atomic E-state index is 0. The van der Waals surface area contributed by atoms with Crippen LogP contribution >= 0.6 is 0 Å². The van der Waals surface area contributed by atoms with Gasteiger partial charge >= 0.3 is 51.4 Å². The molecule has 3 heteroatoms. The molecule has 0 bridgehead atoms. The van der Waals surface area contributed by atoms with Crippen molar-refractivity contribution in [2.75, 3.05) is 0 Å². The fourth-order valence-corrected chi connectivity index (χ4v) is 0.811. The van der Waals surface area contributed by atoms with Crippen molar-refractivity contribution in [3.63, 3.8) is 0 Å². The maximum atomic E-state index is 4.00. The molecule has 0 saturated carbocycles. The minimum absolute atomic E-state index is 0. The molecule has 0 atom stereocenters. The molecule has 13 heavy (non-hydrogen) atoms. The van der Waals surface area contributed by atoms with Crippen molar-refractivity contribution in [3.8, 4) is 0 Å². The Balaban J connectivity index is 0. The van der Waals surface area contributed by atoms with Gasteiger partial charge in [-0.3, -0.25) is 4.52 Å². The fourth-order valence-electron chi connectivity index (χ4n) is 0.811. The standard InChI is InChI=1S/C7H5N2.C2H6.CH3.K/c1-2-6-9-7(3-1)4-5-8-9;1-2;;/h1,3-6H;1-2H3;1H3;/q-1;;-1;+1. The van der Waals surface area contributed by atoms with Crippen molar-refractivity contribution < 1.29 is 51.4 Å². The van der Waals surface area contributed by atoms with Crippen molar-refractivity contribution in [2.24, 2.45) is 0 Å². The number of hydrogen-bond acceptors (Lipinski definition) is 1. The quantitative estimate of drug-likeness (QED) is 0.419. The molecule has 0 aromatic carbocycles. The van der Waals surface area contributed by atoms with E-state index in [4.69, 9.17) is 0 Å². The van der Waals surface area contributed by atoms with E-state index in [0.29, 0.717) is 0 Å². The van der Waals surface area contributed by atoms with Crippen LogP contribution in [0.2, 0.25) is 0 Å². The van der Waals surface area contributed by atoms with Gasteiger partial charge < -0.3 is 7.43 Å². The van der Waals surface area contributed by atoms with E-state index in [1.807, 2.05) is 32.0 Å². The Labute approximate surface area is 123 Å². The van der Waals surface area contributed by atoms with Crippen LogP contribution in [0.3, 0.4) is 0 Å². The Morgan fingerprint density at radius 3 is 2.62 bits per heavy atom.